The van der Waals surface area contributed by atoms with Crippen molar-refractivity contribution in [3.05, 3.63) is 111 Å². The Bertz CT molecular complexity index is 1370. The second-order valence-corrected chi connectivity index (χ2v) is 10.9. The van der Waals surface area contributed by atoms with E-state index in [1.54, 1.807) is 18.2 Å². The van der Waals surface area contributed by atoms with Gasteiger partial charge < -0.3 is 14.6 Å². The highest BCUT2D eigenvalue weighted by atomic mass is 79.9. The minimum absolute atomic E-state index is 0.0658. The van der Waals surface area contributed by atoms with Crippen molar-refractivity contribution in [1.29, 1.82) is 0 Å². The fourth-order valence-electron chi connectivity index (χ4n) is 4.37. The van der Waals surface area contributed by atoms with E-state index in [1.165, 1.54) is 0 Å². The molecule has 0 unspecified atom stereocenters. The van der Waals surface area contributed by atoms with Gasteiger partial charge in [-0.05, 0) is 54.4 Å². The van der Waals surface area contributed by atoms with Gasteiger partial charge in [-0.1, -0.05) is 69.5 Å². The molecule has 3 N–H and O–H groups in total. The Morgan fingerprint density at radius 1 is 1.18 bits per heavy atom. The predicted molar refractivity (Wildman–Crippen MR) is 162 cm³/mol. The lowest BCUT2D eigenvalue weighted by atomic mass is 9.84. The number of amides is 1. The number of benzene rings is 3. The van der Waals surface area contributed by atoms with Gasteiger partial charge in [-0.25, -0.2) is 10.4 Å². The monoisotopic (exact) mass is 645 g/mol. The fraction of sp³-hybridized carbons (Fsp3) is 0.267. The molecule has 1 aliphatic rings. The molecular weight excluding hydrogens is 617 g/mol. The number of aliphatic hydroxyl groups is 1. The number of halogens is 3. The summed E-state index contributed by atoms with van der Waals surface area (Å²) in [6, 6.07) is 20.2. The van der Waals surface area contributed by atoms with Gasteiger partial charge >= 0.3 is 0 Å². The van der Waals surface area contributed by atoms with Crippen molar-refractivity contribution in [2.75, 3.05) is 19.8 Å². The highest BCUT2D eigenvalue weighted by Gasteiger charge is 2.53. The highest BCUT2D eigenvalue weighted by Crippen LogP contribution is 2.44. The summed E-state index contributed by atoms with van der Waals surface area (Å²) >= 11 is 15.9. The van der Waals surface area contributed by atoms with Crippen LogP contribution in [0.4, 0.5) is 0 Å². The van der Waals surface area contributed by atoms with Crippen LogP contribution in [0.5, 0.6) is 5.75 Å². The Kier molecular flexibility index (Phi) is 10.6. The molecule has 7 nitrogen and oxygen atoms in total. The molecule has 1 heterocycles. The first kappa shape index (κ1) is 30.1. The second-order valence-electron chi connectivity index (χ2n) is 9.17. The van der Waals surface area contributed by atoms with Gasteiger partial charge in [-0.2, -0.15) is 0 Å². The number of carbonyl (C=O) groups is 1. The molecule has 1 amide bonds. The maximum atomic E-state index is 13.8. The number of nitrogens with one attached hydrogen (secondary N) is 2. The lowest BCUT2D eigenvalue weighted by Crippen LogP contribution is -2.52. The first-order valence-electron chi connectivity index (χ1n) is 12.8. The molecule has 3 aromatic rings. The van der Waals surface area contributed by atoms with Crippen molar-refractivity contribution in [3.8, 4) is 5.75 Å². The third kappa shape index (κ3) is 7.06. The van der Waals surface area contributed by atoms with Crippen LogP contribution in [0, 0.1) is 0 Å². The van der Waals surface area contributed by atoms with Crippen molar-refractivity contribution >= 4 is 50.9 Å². The summed E-state index contributed by atoms with van der Waals surface area (Å²) < 4.78 is 12.9. The Morgan fingerprint density at radius 3 is 2.65 bits per heavy atom. The molecule has 3 aromatic carbocycles. The summed E-state index contributed by atoms with van der Waals surface area (Å²) in [6.45, 7) is 4.82. The third-order valence-corrected chi connectivity index (χ3v) is 7.72. The number of aliphatic hydroxyl groups excluding tert-OH is 1. The molecule has 0 bridgehead atoms. The van der Waals surface area contributed by atoms with Gasteiger partial charge in [0.05, 0.1) is 6.61 Å². The van der Waals surface area contributed by atoms with E-state index in [2.05, 4.69) is 33.4 Å². The average molecular weight is 647 g/mol. The van der Waals surface area contributed by atoms with E-state index in [-0.39, 0.29) is 18.9 Å². The molecule has 210 valence electrons. The van der Waals surface area contributed by atoms with Crippen LogP contribution in [0.15, 0.2) is 88.9 Å². The van der Waals surface area contributed by atoms with Crippen LogP contribution in [-0.2, 0) is 16.0 Å². The molecule has 0 fully saturated rings. The lowest BCUT2D eigenvalue weighted by Gasteiger charge is -2.30. The summed E-state index contributed by atoms with van der Waals surface area (Å²) in [5.74, 6) is 0.653. The van der Waals surface area contributed by atoms with E-state index < -0.39 is 11.6 Å². The van der Waals surface area contributed by atoms with Gasteiger partial charge in [0.25, 0.3) is 5.91 Å². The van der Waals surface area contributed by atoms with Crippen LogP contribution in [0.25, 0.3) is 0 Å². The van der Waals surface area contributed by atoms with Gasteiger partial charge in [-0.3, -0.25) is 10.2 Å². The van der Waals surface area contributed by atoms with Crippen molar-refractivity contribution in [3.63, 3.8) is 0 Å². The van der Waals surface area contributed by atoms with Gasteiger partial charge in [0.1, 0.15) is 5.75 Å². The zero-order valence-electron chi connectivity index (χ0n) is 21.7. The lowest BCUT2D eigenvalue weighted by molar-refractivity contribution is -0.129. The van der Waals surface area contributed by atoms with Crippen molar-refractivity contribution in [2.45, 2.75) is 30.9 Å². The van der Waals surface area contributed by atoms with E-state index in [0.717, 1.165) is 15.6 Å². The number of carbonyl (C=O) groups excluding carboxylic acids is 1. The number of hydrogen-bond acceptors (Lipinski definition) is 6. The van der Waals surface area contributed by atoms with Crippen LogP contribution < -0.4 is 15.6 Å². The molecule has 10 heteroatoms. The maximum Gasteiger partial charge on any atom is 0.266 e. The third-order valence-electron chi connectivity index (χ3n) is 6.41. The Balaban J connectivity index is 1.57. The fourth-order valence-corrected chi connectivity index (χ4v) is 5.37. The second kappa shape index (κ2) is 14.1. The van der Waals surface area contributed by atoms with E-state index in [1.807, 2.05) is 54.6 Å². The number of aliphatic imine (C=N–C) groups is 1. The molecule has 0 saturated heterocycles. The van der Waals surface area contributed by atoms with E-state index in [9.17, 15) is 4.79 Å². The number of rotatable bonds is 13. The van der Waals surface area contributed by atoms with Crippen LogP contribution in [0.1, 0.15) is 35.6 Å². The van der Waals surface area contributed by atoms with E-state index in [0.29, 0.717) is 53.2 Å². The Labute approximate surface area is 252 Å². The largest absolute Gasteiger partial charge is 0.494 e. The Morgan fingerprint density at radius 2 is 1.95 bits per heavy atom. The molecule has 4 rings (SSSR count). The molecule has 0 aromatic heterocycles. The van der Waals surface area contributed by atoms with Crippen molar-refractivity contribution in [2.24, 2.45) is 4.99 Å². The molecule has 40 heavy (non-hydrogen) atoms. The van der Waals surface area contributed by atoms with Gasteiger partial charge in [0, 0.05) is 51.6 Å². The zero-order chi connectivity index (χ0) is 28.5. The molecular formula is C30H30BrCl2N3O4. The zero-order valence-corrected chi connectivity index (χ0v) is 24.8. The first-order valence-corrected chi connectivity index (χ1v) is 14.4. The number of hydrogen-bond donors (Lipinski definition) is 3. The van der Waals surface area contributed by atoms with Crippen LogP contribution in [-0.4, -0.2) is 42.2 Å². The molecule has 0 aliphatic carbocycles. The van der Waals surface area contributed by atoms with Crippen LogP contribution >= 0.6 is 39.1 Å². The topological polar surface area (TPSA) is 92.2 Å². The van der Waals surface area contributed by atoms with Gasteiger partial charge in [-0.15, -0.1) is 6.58 Å². The van der Waals surface area contributed by atoms with E-state index >= 15 is 0 Å². The molecule has 1 aliphatic heterocycles. The molecule has 2 atom stereocenters. The van der Waals surface area contributed by atoms with Crippen LogP contribution in [0.2, 0.25) is 10.0 Å². The predicted octanol–water partition coefficient (Wildman–Crippen LogP) is 6.21. The maximum absolute atomic E-state index is 13.8. The normalized spacial score (nSPS) is 18.1. The Hall–Kier alpha value is -2.88. The average Bonchev–Trinajstić information content (AvgIpc) is 3.33. The number of ether oxygens (including phenoxy) is 2. The van der Waals surface area contributed by atoms with Crippen molar-refractivity contribution < 1.29 is 19.4 Å². The standard InChI is InChI=1S/C30H30BrCl2N3O4/c1-2-15-30(29(38)36-34-16-14-20-8-11-22(32)19-26(20)33)27(24-6-3-4-7-25(24)31)40-28(35-30)21-9-12-23(13-10-21)39-18-5-17-37/h2-4,6-13,19,27,34,37H,1,5,14-18H2,(H,36,38)/t27-,30-/m0/s1. The van der Waals surface area contributed by atoms with Crippen molar-refractivity contribution in [1.82, 2.24) is 10.9 Å². The number of hydrazine groups is 1. The molecule has 0 spiro atoms. The summed E-state index contributed by atoms with van der Waals surface area (Å²) in [5.41, 5.74) is 6.93. The number of nitrogens with zero attached hydrogens (tertiary/aromatic N) is 1. The minimum Gasteiger partial charge on any atom is -0.494 e. The minimum atomic E-state index is -1.32. The van der Waals surface area contributed by atoms with Crippen LogP contribution in [0.3, 0.4) is 0 Å². The van der Waals surface area contributed by atoms with Gasteiger partial charge in [0.15, 0.2) is 11.6 Å². The summed E-state index contributed by atoms with van der Waals surface area (Å²) in [7, 11) is 0. The summed E-state index contributed by atoms with van der Waals surface area (Å²) in [4.78, 5) is 18.7. The quantitative estimate of drug-likeness (QED) is 0.117. The molecule has 0 radical (unpaired) electrons. The van der Waals surface area contributed by atoms with Gasteiger partial charge in [0.2, 0.25) is 5.90 Å². The smallest absolute Gasteiger partial charge is 0.266 e. The first-order chi connectivity index (χ1) is 19.4. The summed E-state index contributed by atoms with van der Waals surface area (Å²) in [6.07, 6.45) is 2.32. The molecule has 0 saturated carbocycles. The highest BCUT2D eigenvalue weighted by molar-refractivity contribution is 9.10. The SMILES string of the molecule is C=CC[C@]1(C(=O)NNCCc2ccc(Cl)cc2Cl)N=C(c2ccc(OCCCO)cc2)O[C@H]1c1ccccc1Br. The summed E-state index contributed by atoms with van der Waals surface area (Å²) in [5, 5.41) is 10.1. The van der Waals surface area contributed by atoms with E-state index in [4.69, 9.17) is 42.8 Å².